The first kappa shape index (κ1) is 15.9. The van der Waals surface area contributed by atoms with Gasteiger partial charge in [-0.05, 0) is 6.07 Å². The summed E-state index contributed by atoms with van der Waals surface area (Å²) in [6.45, 7) is -0.916. The number of aromatic hydroxyl groups is 1. The summed E-state index contributed by atoms with van der Waals surface area (Å²) >= 11 is 0. The van der Waals surface area contributed by atoms with Crippen LogP contribution in [0.15, 0.2) is 42.6 Å². The number of ketones is 2. The number of phenols is 1. The van der Waals surface area contributed by atoms with E-state index in [1.807, 2.05) is 0 Å². The SMILES string of the molecule is O=C(CO)Oc1c(O)c2c(c3cccnc13)C(=O)c1ccccc1C2=O. The Morgan fingerprint density at radius 1 is 1.00 bits per heavy atom. The molecule has 26 heavy (non-hydrogen) atoms. The molecule has 3 aromatic rings. The van der Waals surface area contributed by atoms with Crippen LogP contribution in [0.2, 0.25) is 0 Å². The molecule has 7 heteroatoms. The second-order valence-corrected chi connectivity index (χ2v) is 5.66. The summed E-state index contributed by atoms with van der Waals surface area (Å²) < 4.78 is 4.98. The van der Waals surface area contributed by atoms with Gasteiger partial charge in [-0.1, -0.05) is 30.3 Å². The molecule has 2 N–H and O–H groups in total. The molecular formula is C19H11NO6. The molecule has 0 radical (unpaired) electrons. The predicted octanol–water partition coefficient (Wildman–Crippen LogP) is 1.61. The first-order chi connectivity index (χ1) is 12.5. The van der Waals surface area contributed by atoms with Gasteiger partial charge in [-0.15, -0.1) is 0 Å². The molecule has 0 saturated carbocycles. The van der Waals surface area contributed by atoms with E-state index in [0.717, 1.165) is 0 Å². The third-order valence-corrected chi connectivity index (χ3v) is 4.21. The summed E-state index contributed by atoms with van der Waals surface area (Å²) in [5.74, 6) is -3.02. The average molecular weight is 349 g/mol. The molecule has 0 atom stereocenters. The Hall–Kier alpha value is -3.58. The minimum absolute atomic E-state index is 0.0121. The zero-order valence-corrected chi connectivity index (χ0v) is 13.2. The van der Waals surface area contributed by atoms with Gasteiger partial charge in [0, 0.05) is 28.3 Å². The molecule has 4 rings (SSSR count). The van der Waals surface area contributed by atoms with Gasteiger partial charge in [0.25, 0.3) is 0 Å². The van der Waals surface area contributed by atoms with Crippen molar-refractivity contribution in [1.29, 1.82) is 0 Å². The van der Waals surface area contributed by atoms with Gasteiger partial charge in [-0.2, -0.15) is 0 Å². The van der Waals surface area contributed by atoms with Crippen LogP contribution in [-0.2, 0) is 4.79 Å². The van der Waals surface area contributed by atoms with Crippen LogP contribution in [0.25, 0.3) is 10.9 Å². The highest BCUT2D eigenvalue weighted by Gasteiger charge is 2.36. The smallest absolute Gasteiger partial charge is 0.337 e. The molecule has 1 aromatic heterocycles. The molecular weight excluding hydrogens is 338 g/mol. The van der Waals surface area contributed by atoms with E-state index in [9.17, 15) is 19.5 Å². The number of carbonyl (C=O) groups excluding carboxylic acids is 3. The van der Waals surface area contributed by atoms with Gasteiger partial charge in [0.2, 0.25) is 0 Å². The number of hydrogen-bond acceptors (Lipinski definition) is 7. The third kappa shape index (κ3) is 2.11. The van der Waals surface area contributed by atoms with E-state index in [1.54, 1.807) is 24.3 Å². The number of pyridine rings is 1. The molecule has 1 aliphatic carbocycles. The van der Waals surface area contributed by atoms with Crippen molar-refractivity contribution < 1.29 is 29.3 Å². The van der Waals surface area contributed by atoms with Gasteiger partial charge in [0.15, 0.2) is 23.1 Å². The molecule has 0 saturated heterocycles. The highest BCUT2D eigenvalue weighted by molar-refractivity contribution is 6.33. The molecule has 7 nitrogen and oxygen atoms in total. The molecule has 0 unspecified atom stereocenters. The van der Waals surface area contributed by atoms with Gasteiger partial charge in [0.1, 0.15) is 12.1 Å². The Bertz CT molecular complexity index is 1120. The van der Waals surface area contributed by atoms with Crippen LogP contribution >= 0.6 is 0 Å². The summed E-state index contributed by atoms with van der Waals surface area (Å²) in [6.07, 6.45) is 1.40. The van der Waals surface area contributed by atoms with E-state index >= 15 is 0 Å². The number of benzene rings is 2. The number of hydrogen-bond donors (Lipinski definition) is 2. The number of aliphatic hydroxyl groups is 1. The lowest BCUT2D eigenvalue weighted by Gasteiger charge is -2.21. The highest BCUT2D eigenvalue weighted by atomic mass is 16.6. The van der Waals surface area contributed by atoms with E-state index in [0.29, 0.717) is 0 Å². The van der Waals surface area contributed by atoms with E-state index in [2.05, 4.69) is 4.98 Å². The molecule has 0 aliphatic heterocycles. The number of ether oxygens (including phenoxy) is 1. The fraction of sp³-hybridized carbons (Fsp3) is 0.0526. The van der Waals surface area contributed by atoms with E-state index in [-0.39, 0.29) is 38.9 Å². The lowest BCUT2D eigenvalue weighted by molar-refractivity contribution is -0.137. The van der Waals surface area contributed by atoms with Gasteiger partial charge in [0.05, 0.1) is 5.56 Å². The van der Waals surface area contributed by atoms with Crippen molar-refractivity contribution in [2.75, 3.05) is 6.61 Å². The Morgan fingerprint density at radius 2 is 1.65 bits per heavy atom. The van der Waals surface area contributed by atoms with Gasteiger partial charge in [-0.3, -0.25) is 14.6 Å². The van der Waals surface area contributed by atoms with Crippen molar-refractivity contribution in [2.24, 2.45) is 0 Å². The molecule has 128 valence electrons. The Balaban J connectivity index is 2.11. The van der Waals surface area contributed by atoms with Crippen molar-refractivity contribution in [3.05, 3.63) is 64.8 Å². The molecule has 0 bridgehead atoms. The van der Waals surface area contributed by atoms with E-state index in [1.165, 1.54) is 18.3 Å². The second-order valence-electron chi connectivity index (χ2n) is 5.66. The number of fused-ring (bicyclic) bond motifs is 4. The Morgan fingerprint density at radius 3 is 2.31 bits per heavy atom. The summed E-state index contributed by atoms with van der Waals surface area (Å²) in [6, 6.07) is 9.40. The number of aromatic nitrogens is 1. The van der Waals surface area contributed by atoms with Crippen molar-refractivity contribution in [2.45, 2.75) is 0 Å². The fourth-order valence-electron chi connectivity index (χ4n) is 3.11. The van der Waals surface area contributed by atoms with Crippen molar-refractivity contribution in [3.63, 3.8) is 0 Å². The minimum atomic E-state index is -1.03. The molecule has 0 spiro atoms. The predicted molar refractivity (Wildman–Crippen MR) is 89.4 cm³/mol. The number of aliphatic hydroxyl groups excluding tert-OH is 1. The first-order valence-electron chi connectivity index (χ1n) is 7.68. The molecule has 1 aliphatic rings. The number of phenolic OH excluding ortho intramolecular Hbond substituents is 1. The molecule has 2 aromatic carbocycles. The lowest BCUT2D eigenvalue weighted by Crippen LogP contribution is -2.22. The quantitative estimate of drug-likeness (QED) is 0.417. The van der Waals surface area contributed by atoms with Crippen LogP contribution in [0.4, 0.5) is 0 Å². The maximum Gasteiger partial charge on any atom is 0.337 e. The van der Waals surface area contributed by atoms with Crippen LogP contribution in [-0.4, -0.2) is 39.3 Å². The fourth-order valence-corrected chi connectivity index (χ4v) is 3.11. The minimum Gasteiger partial charge on any atom is -0.504 e. The number of carbonyl (C=O) groups is 3. The van der Waals surface area contributed by atoms with Crippen molar-refractivity contribution >= 4 is 28.4 Å². The van der Waals surface area contributed by atoms with Crippen LogP contribution in [0.5, 0.6) is 11.5 Å². The summed E-state index contributed by atoms with van der Waals surface area (Å²) in [5, 5.41) is 19.8. The summed E-state index contributed by atoms with van der Waals surface area (Å²) in [4.78, 5) is 41.5. The summed E-state index contributed by atoms with van der Waals surface area (Å²) in [5.41, 5.74) is 0.205. The first-order valence-corrected chi connectivity index (χ1v) is 7.68. The third-order valence-electron chi connectivity index (χ3n) is 4.21. The maximum atomic E-state index is 13.0. The van der Waals surface area contributed by atoms with Crippen molar-refractivity contribution in [1.82, 2.24) is 4.98 Å². The monoisotopic (exact) mass is 349 g/mol. The highest BCUT2D eigenvalue weighted by Crippen LogP contribution is 2.44. The van der Waals surface area contributed by atoms with Crippen LogP contribution in [0, 0.1) is 0 Å². The molecule has 1 heterocycles. The molecule has 0 amide bonds. The average Bonchev–Trinajstić information content (AvgIpc) is 2.67. The van der Waals surface area contributed by atoms with E-state index in [4.69, 9.17) is 9.84 Å². The number of esters is 1. The Kier molecular flexibility index (Phi) is 3.52. The van der Waals surface area contributed by atoms with Gasteiger partial charge >= 0.3 is 5.97 Å². The lowest BCUT2D eigenvalue weighted by atomic mass is 9.81. The van der Waals surface area contributed by atoms with Crippen molar-refractivity contribution in [3.8, 4) is 11.5 Å². The standard InChI is InChI=1S/C19H11NO6/c21-8-12(22)26-19-15-11(6-3-7-20-15)13-14(18(19)25)17(24)10-5-2-1-4-9(10)16(13)23/h1-7,21,25H,8H2. The molecule has 0 fully saturated rings. The summed E-state index contributed by atoms with van der Waals surface area (Å²) in [7, 11) is 0. The topological polar surface area (TPSA) is 114 Å². The van der Waals surface area contributed by atoms with E-state index < -0.39 is 29.9 Å². The number of nitrogens with zero attached hydrogens (tertiary/aromatic N) is 1. The Labute approximate surface area is 146 Å². The van der Waals surface area contributed by atoms with Crippen LogP contribution in [0.3, 0.4) is 0 Å². The van der Waals surface area contributed by atoms with Gasteiger partial charge < -0.3 is 14.9 Å². The van der Waals surface area contributed by atoms with Gasteiger partial charge in [-0.25, -0.2) is 4.79 Å². The largest absolute Gasteiger partial charge is 0.504 e. The zero-order chi connectivity index (χ0) is 18.4. The number of rotatable bonds is 2. The zero-order valence-electron chi connectivity index (χ0n) is 13.2. The normalized spacial score (nSPS) is 12.7. The maximum absolute atomic E-state index is 13.0. The second kappa shape index (κ2) is 5.75. The van der Waals surface area contributed by atoms with Crippen LogP contribution < -0.4 is 4.74 Å². The van der Waals surface area contributed by atoms with Crippen LogP contribution in [0.1, 0.15) is 31.8 Å².